The van der Waals surface area contributed by atoms with Gasteiger partial charge in [0.1, 0.15) is 0 Å². The number of rotatable bonds is 3. The minimum absolute atomic E-state index is 0.558. The van der Waals surface area contributed by atoms with E-state index in [2.05, 4.69) is 50.5 Å². The molecule has 0 amide bonds. The lowest BCUT2D eigenvalue weighted by Gasteiger charge is -2.08. The fourth-order valence-corrected chi connectivity index (χ4v) is 1.34. The maximum absolute atomic E-state index is 4.24. The van der Waals surface area contributed by atoms with Crippen molar-refractivity contribution in [2.75, 3.05) is 0 Å². The fraction of sp³-hybridized carbons (Fsp3) is 0.357. The zero-order chi connectivity index (χ0) is 11.4. The van der Waals surface area contributed by atoms with E-state index >= 15 is 0 Å². The SMILES string of the molecule is C=C(C)/N=C\c1cc(C(C)C)ccc1C. The summed E-state index contributed by atoms with van der Waals surface area (Å²) < 4.78 is 0. The van der Waals surface area contributed by atoms with Gasteiger partial charge in [0, 0.05) is 11.9 Å². The molecule has 0 aliphatic rings. The second-order valence-corrected chi connectivity index (χ2v) is 4.26. The zero-order valence-corrected chi connectivity index (χ0v) is 10.0. The first kappa shape index (κ1) is 11.7. The molecule has 0 aromatic heterocycles. The van der Waals surface area contributed by atoms with Crippen LogP contribution in [0.25, 0.3) is 0 Å². The topological polar surface area (TPSA) is 12.4 Å². The highest BCUT2D eigenvalue weighted by molar-refractivity contribution is 5.82. The van der Waals surface area contributed by atoms with E-state index in [1.807, 2.05) is 13.1 Å². The molecule has 0 radical (unpaired) electrons. The molecule has 0 unspecified atom stereocenters. The van der Waals surface area contributed by atoms with Gasteiger partial charge >= 0.3 is 0 Å². The third kappa shape index (κ3) is 3.35. The van der Waals surface area contributed by atoms with Crippen molar-refractivity contribution < 1.29 is 0 Å². The summed E-state index contributed by atoms with van der Waals surface area (Å²) in [5.41, 5.74) is 4.63. The normalized spacial score (nSPS) is 11.3. The molecule has 0 fully saturated rings. The van der Waals surface area contributed by atoms with Crippen LogP contribution in [-0.2, 0) is 0 Å². The highest BCUT2D eigenvalue weighted by Crippen LogP contribution is 2.17. The molecule has 0 heterocycles. The Kier molecular flexibility index (Phi) is 3.84. The Hall–Kier alpha value is -1.37. The Bertz CT molecular complexity index is 386. The molecule has 80 valence electrons. The first-order valence-electron chi connectivity index (χ1n) is 5.31. The van der Waals surface area contributed by atoms with Crippen LogP contribution in [0.5, 0.6) is 0 Å². The molecular weight excluding hydrogens is 182 g/mol. The molecule has 1 aromatic rings. The van der Waals surface area contributed by atoms with Crippen molar-refractivity contribution in [3.63, 3.8) is 0 Å². The first-order chi connectivity index (χ1) is 7.00. The number of aliphatic imine (C=N–C) groups is 1. The van der Waals surface area contributed by atoms with E-state index < -0.39 is 0 Å². The Morgan fingerprint density at radius 1 is 1.40 bits per heavy atom. The van der Waals surface area contributed by atoms with E-state index in [-0.39, 0.29) is 0 Å². The van der Waals surface area contributed by atoms with Crippen molar-refractivity contribution in [3.8, 4) is 0 Å². The average molecular weight is 201 g/mol. The molecule has 0 aliphatic carbocycles. The van der Waals surface area contributed by atoms with Gasteiger partial charge in [-0.1, -0.05) is 32.6 Å². The maximum Gasteiger partial charge on any atom is 0.0346 e. The molecule has 0 spiro atoms. The predicted molar refractivity (Wildman–Crippen MR) is 67.7 cm³/mol. The van der Waals surface area contributed by atoms with Gasteiger partial charge in [0.25, 0.3) is 0 Å². The Balaban J connectivity index is 3.05. The minimum Gasteiger partial charge on any atom is -0.262 e. The molecule has 15 heavy (non-hydrogen) atoms. The van der Waals surface area contributed by atoms with E-state index in [1.54, 1.807) is 0 Å². The summed E-state index contributed by atoms with van der Waals surface area (Å²) in [5.74, 6) is 0.558. The summed E-state index contributed by atoms with van der Waals surface area (Å²) in [5, 5.41) is 0. The Morgan fingerprint density at radius 2 is 2.07 bits per heavy atom. The first-order valence-corrected chi connectivity index (χ1v) is 5.31. The lowest BCUT2D eigenvalue weighted by molar-refractivity contribution is 0.865. The highest BCUT2D eigenvalue weighted by atomic mass is 14.7. The van der Waals surface area contributed by atoms with E-state index in [1.165, 1.54) is 16.7 Å². The number of allylic oxidation sites excluding steroid dienone is 1. The Labute approximate surface area is 92.6 Å². The van der Waals surface area contributed by atoms with Crippen LogP contribution in [0.2, 0.25) is 0 Å². The van der Waals surface area contributed by atoms with Gasteiger partial charge in [-0.15, -0.1) is 0 Å². The quantitative estimate of drug-likeness (QED) is 0.654. The van der Waals surface area contributed by atoms with E-state index in [9.17, 15) is 0 Å². The van der Waals surface area contributed by atoms with Crippen LogP contribution in [0.3, 0.4) is 0 Å². The molecule has 0 saturated carbocycles. The predicted octanol–water partition coefficient (Wildman–Crippen LogP) is 4.07. The lowest BCUT2D eigenvalue weighted by atomic mass is 9.98. The van der Waals surface area contributed by atoms with Crippen LogP contribution in [0.4, 0.5) is 0 Å². The smallest absolute Gasteiger partial charge is 0.0346 e. The van der Waals surface area contributed by atoms with Crippen LogP contribution in [0, 0.1) is 6.92 Å². The van der Waals surface area contributed by atoms with Crippen LogP contribution >= 0.6 is 0 Å². The number of nitrogens with zero attached hydrogens (tertiary/aromatic N) is 1. The van der Waals surface area contributed by atoms with Crippen molar-refractivity contribution in [2.45, 2.75) is 33.6 Å². The van der Waals surface area contributed by atoms with Gasteiger partial charge in [-0.2, -0.15) is 0 Å². The van der Waals surface area contributed by atoms with Crippen LogP contribution in [0.15, 0.2) is 35.5 Å². The number of benzene rings is 1. The van der Waals surface area contributed by atoms with Gasteiger partial charge < -0.3 is 0 Å². The standard InChI is InChI=1S/C14H19N/c1-10(2)13-7-6-12(5)14(8-13)9-15-11(3)4/h6-10H,3H2,1-2,4-5H3/b15-9-. The van der Waals surface area contributed by atoms with Crippen LogP contribution < -0.4 is 0 Å². The number of hydrogen-bond donors (Lipinski definition) is 0. The van der Waals surface area contributed by atoms with Crippen LogP contribution in [0.1, 0.15) is 43.4 Å². The monoisotopic (exact) mass is 201 g/mol. The van der Waals surface area contributed by atoms with Gasteiger partial charge in [0.05, 0.1) is 0 Å². The minimum atomic E-state index is 0.558. The third-order valence-corrected chi connectivity index (χ3v) is 2.39. The van der Waals surface area contributed by atoms with Gasteiger partial charge in [-0.3, -0.25) is 4.99 Å². The number of aryl methyl sites for hydroxylation is 1. The summed E-state index contributed by atoms with van der Waals surface area (Å²) in [6.45, 7) is 12.2. The third-order valence-electron chi connectivity index (χ3n) is 2.39. The van der Waals surface area contributed by atoms with Gasteiger partial charge in [-0.05, 0) is 42.5 Å². The summed E-state index contributed by atoms with van der Waals surface area (Å²) in [7, 11) is 0. The van der Waals surface area contributed by atoms with Gasteiger partial charge in [0.2, 0.25) is 0 Å². The summed E-state index contributed by atoms with van der Waals surface area (Å²) in [6, 6.07) is 6.53. The maximum atomic E-state index is 4.24. The second kappa shape index (κ2) is 4.92. The molecule has 1 aromatic carbocycles. The largest absolute Gasteiger partial charge is 0.262 e. The van der Waals surface area contributed by atoms with Gasteiger partial charge in [0.15, 0.2) is 0 Å². The summed E-state index contributed by atoms with van der Waals surface area (Å²) >= 11 is 0. The van der Waals surface area contributed by atoms with Crippen molar-refractivity contribution in [3.05, 3.63) is 47.2 Å². The molecule has 0 N–H and O–H groups in total. The molecule has 0 saturated heterocycles. The fourth-order valence-electron chi connectivity index (χ4n) is 1.34. The summed E-state index contributed by atoms with van der Waals surface area (Å²) in [6.07, 6.45) is 1.89. The molecule has 0 aliphatic heterocycles. The van der Waals surface area contributed by atoms with E-state index in [4.69, 9.17) is 0 Å². The molecule has 0 atom stereocenters. The Morgan fingerprint density at radius 3 is 2.60 bits per heavy atom. The average Bonchev–Trinajstić information content (AvgIpc) is 2.16. The van der Waals surface area contributed by atoms with E-state index in [0.717, 1.165) is 5.70 Å². The molecule has 1 rings (SSSR count). The molecule has 1 heteroatoms. The van der Waals surface area contributed by atoms with E-state index in [0.29, 0.717) is 5.92 Å². The molecule has 1 nitrogen and oxygen atoms in total. The second-order valence-electron chi connectivity index (χ2n) is 4.26. The van der Waals surface area contributed by atoms with Crippen molar-refractivity contribution in [1.29, 1.82) is 0 Å². The molecular formula is C14H19N. The molecule has 0 bridgehead atoms. The summed E-state index contributed by atoms with van der Waals surface area (Å²) in [4.78, 5) is 4.24. The van der Waals surface area contributed by atoms with Crippen molar-refractivity contribution >= 4 is 6.21 Å². The zero-order valence-electron chi connectivity index (χ0n) is 10.0. The van der Waals surface area contributed by atoms with Crippen LogP contribution in [-0.4, -0.2) is 6.21 Å². The van der Waals surface area contributed by atoms with Crippen molar-refractivity contribution in [2.24, 2.45) is 4.99 Å². The van der Waals surface area contributed by atoms with Crippen molar-refractivity contribution in [1.82, 2.24) is 0 Å². The lowest BCUT2D eigenvalue weighted by Crippen LogP contribution is -1.93. The van der Waals surface area contributed by atoms with Gasteiger partial charge in [-0.25, -0.2) is 0 Å². The number of hydrogen-bond acceptors (Lipinski definition) is 1. The highest BCUT2D eigenvalue weighted by Gasteiger charge is 2.01.